The first kappa shape index (κ1) is 17.2. The van der Waals surface area contributed by atoms with Gasteiger partial charge in [0.05, 0.1) is 6.42 Å². The Labute approximate surface area is 150 Å². The molecule has 1 heterocycles. The first-order valence-corrected chi connectivity index (χ1v) is 8.93. The van der Waals surface area contributed by atoms with Gasteiger partial charge in [-0.1, -0.05) is 30.3 Å². The van der Waals surface area contributed by atoms with Crippen molar-refractivity contribution in [2.45, 2.75) is 19.5 Å². The van der Waals surface area contributed by atoms with Crippen LogP contribution in [0.25, 0.3) is 0 Å². The summed E-state index contributed by atoms with van der Waals surface area (Å²) in [6, 6.07) is 18.1. The van der Waals surface area contributed by atoms with Crippen molar-refractivity contribution < 1.29 is 9.18 Å². The molecule has 1 aromatic heterocycles. The van der Waals surface area contributed by atoms with Gasteiger partial charge in [0.15, 0.2) is 0 Å². The average Bonchev–Trinajstić information content (AvgIpc) is 3.14. The number of halogens is 1. The molecular formula is C20H19FN2OS. The second-order valence-electron chi connectivity index (χ2n) is 5.71. The zero-order valence-electron chi connectivity index (χ0n) is 13.7. The third kappa shape index (κ3) is 5.43. The molecule has 0 unspecified atom stereocenters. The van der Waals surface area contributed by atoms with Gasteiger partial charge in [-0.05, 0) is 46.8 Å². The number of amides is 1. The average molecular weight is 354 g/mol. The van der Waals surface area contributed by atoms with Crippen molar-refractivity contribution in [2.75, 3.05) is 5.32 Å². The number of carbonyl (C=O) groups is 1. The van der Waals surface area contributed by atoms with Crippen molar-refractivity contribution in [2.24, 2.45) is 0 Å². The number of anilines is 1. The summed E-state index contributed by atoms with van der Waals surface area (Å²) in [6.07, 6.45) is 0.326. The molecule has 0 aliphatic rings. The summed E-state index contributed by atoms with van der Waals surface area (Å²) in [7, 11) is 0. The molecule has 2 N–H and O–H groups in total. The molecule has 0 radical (unpaired) electrons. The quantitative estimate of drug-likeness (QED) is 0.662. The van der Waals surface area contributed by atoms with Crippen molar-refractivity contribution in [3.63, 3.8) is 0 Å². The molecular weight excluding hydrogens is 335 g/mol. The number of thiophene rings is 1. The van der Waals surface area contributed by atoms with Crippen LogP contribution in [0.15, 0.2) is 66.0 Å². The highest BCUT2D eigenvalue weighted by Gasteiger charge is 2.04. The number of rotatable bonds is 7. The molecule has 3 rings (SSSR count). The minimum absolute atomic E-state index is 0.0522. The molecule has 2 aromatic carbocycles. The van der Waals surface area contributed by atoms with Crippen LogP contribution in [0.5, 0.6) is 0 Å². The lowest BCUT2D eigenvalue weighted by atomic mass is 10.1. The van der Waals surface area contributed by atoms with E-state index in [-0.39, 0.29) is 11.7 Å². The lowest BCUT2D eigenvalue weighted by Crippen LogP contribution is -2.24. The SMILES string of the molecule is O=C(Cc1ccc(NCc2cccs2)cc1)NCc1ccc(F)cc1. The molecule has 0 saturated heterocycles. The molecule has 5 heteroatoms. The van der Waals surface area contributed by atoms with E-state index in [4.69, 9.17) is 0 Å². The largest absolute Gasteiger partial charge is 0.380 e. The van der Waals surface area contributed by atoms with Gasteiger partial charge in [0, 0.05) is 23.7 Å². The van der Waals surface area contributed by atoms with E-state index in [9.17, 15) is 9.18 Å². The molecule has 0 aliphatic carbocycles. The number of hydrogen-bond donors (Lipinski definition) is 2. The second-order valence-corrected chi connectivity index (χ2v) is 6.74. The Morgan fingerprint density at radius 1 is 0.920 bits per heavy atom. The molecule has 0 aliphatic heterocycles. The Kier molecular flexibility index (Phi) is 5.80. The van der Waals surface area contributed by atoms with E-state index < -0.39 is 0 Å². The third-order valence-corrected chi connectivity index (χ3v) is 4.64. The fourth-order valence-electron chi connectivity index (χ4n) is 2.39. The van der Waals surface area contributed by atoms with Crippen LogP contribution in [0.1, 0.15) is 16.0 Å². The van der Waals surface area contributed by atoms with Gasteiger partial charge in [-0.15, -0.1) is 11.3 Å². The predicted octanol–water partition coefficient (Wildman–Crippen LogP) is 4.36. The van der Waals surface area contributed by atoms with Crippen LogP contribution in [0.3, 0.4) is 0 Å². The van der Waals surface area contributed by atoms with Crippen LogP contribution in [0, 0.1) is 5.82 Å². The number of benzene rings is 2. The van der Waals surface area contributed by atoms with E-state index in [0.717, 1.165) is 23.4 Å². The summed E-state index contributed by atoms with van der Waals surface area (Å²) in [5.41, 5.74) is 2.87. The summed E-state index contributed by atoms with van der Waals surface area (Å²) in [5, 5.41) is 8.27. The third-order valence-electron chi connectivity index (χ3n) is 3.77. The monoisotopic (exact) mass is 354 g/mol. The standard InChI is InChI=1S/C20H19FN2OS/c21-17-7-3-16(4-8-17)13-23-20(24)12-15-5-9-18(10-6-15)22-14-19-2-1-11-25-19/h1-11,22H,12-14H2,(H,23,24). The summed E-state index contributed by atoms with van der Waals surface area (Å²) >= 11 is 1.72. The van der Waals surface area contributed by atoms with Crippen LogP contribution in [-0.4, -0.2) is 5.91 Å². The maximum Gasteiger partial charge on any atom is 0.224 e. The van der Waals surface area contributed by atoms with Gasteiger partial charge in [0.1, 0.15) is 5.82 Å². The highest BCUT2D eigenvalue weighted by atomic mass is 32.1. The van der Waals surface area contributed by atoms with Crippen molar-refractivity contribution >= 4 is 22.9 Å². The number of hydrogen-bond acceptors (Lipinski definition) is 3. The molecule has 0 bridgehead atoms. The van der Waals surface area contributed by atoms with Crippen LogP contribution in [0.2, 0.25) is 0 Å². The molecule has 0 spiro atoms. The highest BCUT2D eigenvalue weighted by molar-refractivity contribution is 7.09. The Balaban J connectivity index is 1.45. The van der Waals surface area contributed by atoms with Crippen molar-refractivity contribution in [1.82, 2.24) is 5.32 Å². The van der Waals surface area contributed by atoms with Crippen LogP contribution in [0.4, 0.5) is 10.1 Å². The van der Waals surface area contributed by atoms with Crippen LogP contribution < -0.4 is 10.6 Å². The summed E-state index contributed by atoms with van der Waals surface area (Å²) < 4.78 is 12.8. The summed E-state index contributed by atoms with van der Waals surface area (Å²) in [4.78, 5) is 13.3. The van der Waals surface area contributed by atoms with E-state index in [1.54, 1.807) is 23.5 Å². The van der Waals surface area contributed by atoms with E-state index in [1.807, 2.05) is 30.3 Å². The van der Waals surface area contributed by atoms with Crippen molar-refractivity contribution in [3.05, 3.63) is 87.9 Å². The van der Waals surface area contributed by atoms with Gasteiger partial charge >= 0.3 is 0 Å². The van der Waals surface area contributed by atoms with Gasteiger partial charge < -0.3 is 10.6 Å². The second kappa shape index (κ2) is 8.44. The van der Waals surface area contributed by atoms with Crippen LogP contribution >= 0.6 is 11.3 Å². The summed E-state index contributed by atoms with van der Waals surface area (Å²) in [5.74, 6) is -0.327. The molecule has 3 aromatic rings. The number of nitrogens with one attached hydrogen (secondary N) is 2. The van der Waals surface area contributed by atoms with Crippen molar-refractivity contribution in [3.8, 4) is 0 Å². The van der Waals surface area contributed by atoms with E-state index in [2.05, 4.69) is 22.1 Å². The Hall–Kier alpha value is -2.66. The molecule has 128 valence electrons. The van der Waals surface area contributed by atoms with Gasteiger partial charge in [-0.25, -0.2) is 4.39 Å². The Morgan fingerprint density at radius 2 is 1.64 bits per heavy atom. The normalized spacial score (nSPS) is 10.4. The fraction of sp³-hybridized carbons (Fsp3) is 0.150. The van der Waals surface area contributed by atoms with Crippen LogP contribution in [-0.2, 0) is 24.3 Å². The molecule has 3 nitrogen and oxygen atoms in total. The lowest BCUT2D eigenvalue weighted by molar-refractivity contribution is -0.120. The minimum Gasteiger partial charge on any atom is -0.380 e. The smallest absolute Gasteiger partial charge is 0.224 e. The predicted molar refractivity (Wildman–Crippen MR) is 100 cm³/mol. The minimum atomic E-state index is -0.275. The maximum absolute atomic E-state index is 12.8. The molecule has 1 amide bonds. The first-order chi connectivity index (χ1) is 12.2. The van der Waals surface area contributed by atoms with Gasteiger partial charge in [0.2, 0.25) is 5.91 Å². The van der Waals surface area contributed by atoms with Gasteiger partial charge in [-0.2, -0.15) is 0 Å². The number of carbonyl (C=O) groups excluding carboxylic acids is 1. The molecule has 0 saturated carbocycles. The Bertz CT molecular complexity index is 799. The molecule has 0 fully saturated rings. The summed E-state index contributed by atoms with van der Waals surface area (Å²) in [6.45, 7) is 1.20. The fourth-order valence-corrected chi connectivity index (χ4v) is 3.04. The highest BCUT2D eigenvalue weighted by Crippen LogP contribution is 2.14. The van der Waals surface area contributed by atoms with E-state index >= 15 is 0 Å². The van der Waals surface area contributed by atoms with Crippen molar-refractivity contribution in [1.29, 1.82) is 0 Å². The zero-order valence-corrected chi connectivity index (χ0v) is 14.5. The Morgan fingerprint density at radius 3 is 2.32 bits per heavy atom. The van der Waals surface area contributed by atoms with Gasteiger partial charge in [-0.3, -0.25) is 4.79 Å². The first-order valence-electron chi connectivity index (χ1n) is 8.05. The maximum atomic E-state index is 12.8. The van der Waals surface area contributed by atoms with E-state index in [1.165, 1.54) is 17.0 Å². The molecule has 25 heavy (non-hydrogen) atoms. The lowest BCUT2D eigenvalue weighted by Gasteiger charge is -2.08. The van der Waals surface area contributed by atoms with Gasteiger partial charge in [0.25, 0.3) is 0 Å². The zero-order chi connectivity index (χ0) is 17.5. The topological polar surface area (TPSA) is 41.1 Å². The molecule has 0 atom stereocenters. The van der Waals surface area contributed by atoms with E-state index in [0.29, 0.717) is 13.0 Å².